The second-order valence-electron chi connectivity index (χ2n) is 6.64. The largest absolute Gasteiger partial charge is 0.355 e. The molecule has 0 N–H and O–H groups in total. The summed E-state index contributed by atoms with van der Waals surface area (Å²) in [6.45, 7) is 3.56. The molecule has 0 aliphatic carbocycles. The van der Waals surface area contributed by atoms with Crippen molar-refractivity contribution in [2.24, 2.45) is 0 Å². The van der Waals surface area contributed by atoms with Crippen LogP contribution in [0.5, 0.6) is 0 Å². The number of halogens is 1. The molecule has 3 aromatic rings. The number of piperazine rings is 1. The van der Waals surface area contributed by atoms with E-state index in [0.717, 1.165) is 30.8 Å². The topological polar surface area (TPSA) is 49.6 Å². The summed E-state index contributed by atoms with van der Waals surface area (Å²) in [5.74, 6) is 0.257. The van der Waals surface area contributed by atoms with Gasteiger partial charge in [-0.05, 0) is 17.7 Å². The van der Waals surface area contributed by atoms with Gasteiger partial charge in [0, 0.05) is 44.4 Å². The first-order chi connectivity index (χ1) is 13.2. The van der Waals surface area contributed by atoms with Crippen LogP contribution in [-0.2, 0) is 6.54 Å². The van der Waals surface area contributed by atoms with Crippen molar-refractivity contribution in [1.29, 1.82) is 0 Å². The summed E-state index contributed by atoms with van der Waals surface area (Å²) >= 11 is 0. The standard InChI is InChI=1S/C21H20FN3O2/c22-18-8-6-16(7-9-18)15-24-10-12-25(13-11-24)21(26)19-14-20(27-23-19)17-4-2-1-3-5-17/h1-9,14H,10-13,15H2. The van der Waals surface area contributed by atoms with Gasteiger partial charge in [-0.25, -0.2) is 4.39 Å². The van der Waals surface area contributed by atoms with Crippen LogP contribution in [-0.4, -0.2) is 47.0 Å². The fourth-order valence-corrected chi connectivity index (χ4v) is 3.23. The monoisotopic (exact) mass is 365 g/mol. The van der Waals surface area contributed by atoms with Crippen LogP contribution in [0.15, 0.2) is 65.2 Å². The first-order valence-corrected chi connectivity index (χ1v) is 8.97. The lowest BCUT2D eigenvalue weighted by molar-refractivity contribution is 0.0618. The quantitative estimate of drug-likeness (QED) is 0.711. The van der Waals surface area contributed by atoms with Crippen LogP contribution in [0, 0.1) is 5.82 Å². The van der Waals surface area contributed by atoms with Crippen LogP contribution < -0.4 is 0 Å². The highest BCUT2D eigenvalue weighted by molar-refractivity contribution is 5.93. The second kappa shape index (κ2) is 7.72. The molecule has 0 bridgehead atoms. The second-order valence-corrected chi connectivity index (χ2v) is 6.64. The third-order valence-corrected chi connectivity index (χ3v) is 4.77. The molecule has 0 saturated carbocycles. The van der Waals surface area contributed by atoms with E-state index in [9.17, 15) is 9.18 Å². The van der Waals surface area contributed by atoms with Crippen LogP contribution in [0.1, 0.15) is 16.1 Å². The molecule has 1 aromatic heterocycles. The minimum Gasteiger partial charge on any atom is -0.355 e. The highest BCUT2D eigenvalue weighted by Gasteiger charge is 2.24. The molecule has 1 aliphatic rings. The van der Waals surface area contributed by atoms with Crippen molar-refractivity contribution in [3.05, 3.63) is 77.7 Å². The summed E-state index contributed by atoms with van der Waals surface area (Å²) in [7, 11) is 0. The Morgan fingerprint density at radius 3 is 2.41 bits per heavy atom. The Labute approximate surface area is 157 Å². The van der Waals surface area contributed by atoms with Gasteiger partial charge in [0.05, 0.1) is 0 Å². The number of hydrogen-bond donors (Lipinski definition) is 0. The molecule has 0 unspecified atom stereocenters. The van der Waals surface area contributed by atoms with E-state index >= 15 is 0 Å². The molecule has 2 heterocycles. The Kier molecular flexibility index (Phi) is 4.98. The van der Waals surface area contributed by atoms with E-state index in [1.54, 1.807) is 23.1 Å². The Bertz CT molecular complexity index is 901. The molecule has 1 amide bonds. The molecule has 5 nitrogen and oxygen atoms in total. The van der Waals surface area contributed by atoms with Crippen molar-refractivity contribution in [2.45, 2.75) is 6.54 Å². The Morgan fingerprint density at radius 1 is 1.00 bits per heavy atom. The Morgan fingerprint density at radius 2 is 1.70 bits per heavy atom. The molecule has 0 spiro atoms. The minimum atomic E-state index is -0.225. The van der Waals surface area contributed by atoms with Crippen LogP contribution in [0.4, 0.5) is 4.39 Å². The average molecular weight is 365 g/mol. The lowest BCUT2D eigenvalue weighted by atomic mass is 10.1. The summed E-state index contributed by atoms with van der Waals surface area (Å²) < 4.78 is 18.3. The summed E-state index contributed by atoms with van der Waals surface area (Å²) in [6.07, 6.45) is 0. The lowest BCUT2D eigenvalue weighted by Gasteiger charge is -2.34. The number of amides is 1. The first kappa shape index (κ1) is 17.4. The third-order valence-electron chi connectivity index (χ3n) is 4.77. The Hall–Kier alpha value is -2.99. The van der Waals surface area contributed by atoms with Gasteiger partial charge in [-0.15, -0.1) is 0 Å². The van der Waals surface area contributed by atoms with Gasteiger partial charge in [-0.1, -0.05) is 47.6 Å². The van der Waals surface area contributed by atoms with Crippen LogP contribution in [0.2, 0.25) is 0 Å². The number of hydrogen-bond acceptors (Lipinski definition) is 4. The molecule has 2 aromatic carbocycles. The molecule has 27 heavy (non-hydrogen) atoms. The van der Waals surface area contributed by atoms with Gasteiger partial charge >= 0.3 is 0 Å². The average Bonchev–Trinajstić information content (AvgIpc) is 3.21. The van der Waals surface area contributed by atoms with Crippen molar-refractivity contribution >= 4 is 5.91 Å². The molecule has 1 fully saturated rings. The van der Waals surface area contributed by atoms with Crippen molar-refractivity contribution in [3.63, 3.8) is 0 Å². The molecular formula is C21H20FN3O2. The molecule has 4 rings (SSSR count). The van der Waals surface area contributed by atoms with E-state index in [2.05, 4.69) is 10.1 Å². The summed E-state index contributed by atoms with van der Waals surface area (Å²) in [4.78, 5) is 16.7. The van der Waals surface area contributed by atoms with Crippen LogP contribution in [0.25, 0.3) is 11.3 Å². The number of aromatic nitrogens is 1. The molecule has 0 atom stereocenters. The van der Waals surface area contributed by atoms with E-state index in [1.807, 2.05) is 30.3 Å². The van der Waals surface area contributed by atoms with E-state index in [-0.39, 0.29) is 11.7 Å². The third kappa shape index (κ3) is 4.06. The van der Waals surface area contributed by atoms with E-state index in [1.165, 1.54) is 12.1 Å². The maximum absolute atomic E-state index is 13.0. The van der Waals surface area contributed by atoms with Gasteiger partial charge in [0.25, 0.3) is 5.91 Å². The summed E-state index contributed by atoms with van der Waals surface area (Å²) in [6, 6.07) is 17.8. The summed E-state index contributed by atoms with van der Waals surface area (Å²) in [5, 5.41) is 3.95. The van der Waals surface area contributed by atoms with Crippen molar-refractivity contribution in [3.8, 4) is 11.3 Å². The van der Waals surface area contributed by atoms with Gasteiger partial charge in [-0.2, -0.15) is 0 Å². The number of rotatable bonds is 4. The zero-order valence-corrected chi connectivity index (χ0v) is 14.8. The molecule has 6 heteroatoms. The smallest absolute Gasteiger partial charge is 0.276 e. The Balaban J connectivity index is 1.35. The maximum Gasteiger partial charge on any atom is 0.276 e. The zero-order chi connectivity index (χ0) is 18.6. The van der Waals surface area contributed by atoms with Crippen molar-refractivity contribution < 1.29 is 13.7 Å². The fourth-order valence-electron chi connectivity index (χ4n) is 3.23. The van der Waals surface area contributed by atoms with E-state index in [0.29, 0.717) is 24.5 Å². The molecule has 138 valence electrons. The van der Waals surface area contributed by atoms with Gasteiger partial charge in [0.15, 0.2) is 11.5 Å². The van der Waals surface area contributed by atoms with E-state index in [4.69, 9.17) is 4.52 Å². The number of carbonyl (C=O) groups is 1. The van der Waals surface area contributed by atoms with E-state index < -0.39 is 0 Å². The zero-order valence-electron chi connectivity index (χ0n) is 14.8. The van der Waals surface area contributed by atoms with Gasteiger partial charge in [0.2, 0.25) is 0 Å². The van der Waals surface area contributed by atoms with Gasteiger partial charge in [-0.3, -0.25) is 9.69 Å². The normalized spacial score (nSPS) is 15.1. The number of nitrogens with zero attached hydrogens (tertiary/aromatic N) is 3. The number of carbonyl (C=O) groups excluding carboxylic acids is 1. The highest BCUT2D eigenvalue weighted by atomic mass is 19.1. The number of benzene rings is 2. The highest BCUT2D eigenvalue weighted by Crippen LogP contribution is 2.21. The molecular weight excluding hydrogens is 345 g/mol. The van der Waals surface area contributed by atoms with Crippen molar-refractivity contribution in [2.75, 3.05) is 26.2 Å². The van der Waals surface area contributed by atoms with Crippen LogP contribution >= 0.6 is 0 Å². The molecule has 1 aliphatic heterocycles. The summed E-state index contributed by atoms with van der Waals surface area (Å²) in [5.41, 5.74) is 2.30. The van der Waals surface area contributed by atoms with Crippen molar-refractivity contribution in [1.82, 2.24) is 15.0 Å². The lowest BCUT2D eigenvalue weighted by Crippen LogP contribution is -2.48. The van der Waals surface area contributed by atoms with Crippen LogP contribution in [0.3, 0.4) is 0 Å². The SMILES string of the molecule is O=C(c1cc(-c2ccccc2)on1)N1CCN(Cc2ccc(F)cc2)CC1. The first-order valence-electron chi connectivity index (χ1n) is 8.97. The van der Waals surface area contributed by atoms with Gasteiger partial charge in [0.1, 0.15) is 5.82 Å². The fraction of sp³-hybridized carbons (Fsp3) is 0.238. The molecule has 1 saturated heterocycles. The predicted molar refractivity (Wildman–Crippen MR) is 99.5 cm³/mol. The van der Waals surface area contributed by atoms with Gasteiger partial charge < -0.3 is 9.42 Å². The maximum atomic E-state index is 13.0. The minimum absolute atomic E-state index is 0.109. The molecule has 0 radical (unpaired) electrons. The predicted octanol–water partition coefficient (Wildman–Crippen LogP) is 3.44.